The minimum atomic E-state index is -0.488. The van der Waals surface area contributed by atoms with Crippen molar-refractivity contribution in [3.05, 3.63) is 52.6 Å². The second-order valence-electron chi connectivity index (χ2n) is 5.10. The molecule has 0 aliphatic heterocycles. The Morgan fingerprint density at radius 2 is 2.27 bits per heavy atom. The van der Waals surface area contributed by atoms with Gasteiger partial charge in [-0.2, -0.15) is 5.10 Å². The first kappa shape index (κ1) is 16.5. The molecule has 0 aliphatic carbocycles. The van der Waals surface area contributed by atoms with Gasteiger partial charge in [-0.25, -0.2) is 4.39 Å². The van der Waals surface area contributed by atoms with E-state index in [9.17, 15) is 9.18 Å². The minimum absolute atomic E-state index is 0.115. The third-order valence-electron chi connectivity index (χ3n) is 3.39. The summed E-state index contributed by atoms with van der Waals surface area (Å²) in [6, 6.07) is 3.67. The van der Waals surface area contributed by atoms with Crippen molar-refractivity contribution < 1.29 is 9.18 Å². The number of carbonyl (C=O) groups is 1. The largest absolute Gasteiger partial charge is 0.340 e. The molecule has 1 atom stereocenters. The van der Waals surface area contributed by atoms with E-state index in [0.717, 1.165) is 5.56 Å². The number of halogens is 2. The Bertz CT molecular complexity index is 673. The summed E-state index contributed by atoms with van der Waals surface area (Å²) in [4.78, 5) is 14.1. The van der Waals surface area contributed by atoms with Crippen LogP contribution in [0, 0.1) is 5.82 Å². The van der Waals surface area contributed by atoms with E-state index in [4.69, 9.17) is 11.6 Å². The molecule has 7 heteroatoms. The number of rotatable bonds is 5. The van der Waals surface area contributed by atoms with Gasteiger partial charge in [0, 0.05) is 37.4 Å². The normalized spacial score (nSPS) is 12.2. The third-order valence-corrected chi connectivity index (χ3v) is 3.74. The molecule has 1 amide bonds. The van der Waals surface area contributed by atoms with Gasteiger partial charge in [-0.1, -0.05) is 17.7 Å². The highest BCUT2D eigenvalue weighted by Gasteiger charge is 2.24. The predicted octanol–water partition coefficient (Wildman–Crippen LogP) is 2.13. The summed E-state index contributed by atoms with van der Waals surface area (Å²) in [5.41, 5.74) is 1.48. The standard InChI is InChI=1S/C15H18ClFN4O/c1-18-14(11-7-19-21(3)9-11)15(22)20(2)8-10-4-5-12(17)6-13(10)16/h4-7,9,14,18H,8H2,1-3H3. The quantitative estimate of drug-likeness (QED) is 0.916. The Hall–Kier alpha value is -1.92. The first-order valence-corrected chi connectivity index (χ1v) is 7.15. The zero-order valence-corrected chi connectivity index (χ0v) is 13.4. The molecule has 0 bridgehead atoms. The summed E-state index contributed by atoms with van der Waals surface area (Å²) in [7, 11) is 5.19. The molecule has 1 heterocycles. The fourth-order valence-electron chi connectivity index (χ4n) is 2.23. The molecule has 1 aromatic carbocycles. The van der Waals surface area contributed by atoms with Gasteiger partial charge < -0.3 is 10.2 Å². The van der Waals surface area contributed by atoms with Crippen molar-refractivity contribution in [1.82, 2.24) is 20.0 Å². The number of amides is 1. The summed E-state index contributed by atoms with van der Waals surface area (Å²) >= 11 is 6.01. The molecule has 1 N–H and O–H groups in total. The number of aryl methyl sites for hydroxylation is 1. The molecule has 118 valence electrons. The molecule has 0 fully saturated rings. The molecule has 5 nitrogen and oxygen atoms in total. The van der Waals surface area contributed by atoms with Gasteiger partial charge in [0.25, 0.3) is 0 Å². The van der Waals surface area contributed by atoms with Crippen LogP contribution in [0.25, 0.3) is 0 Å². The molecule has 1 aromatic heterocycles. The Labute approximate surface area is 133 Å². The second kappa shape index (κ2) is 6.89. The third kappa shape index (κ3) is 3.64. The van der Waals surface area contributed by atoms with Crippen LogP contribution in [0.1, 0.15) is 17.2 Å². The lowest BCUT2D eigenvalue weighted by atomic mass is 10.1. The van der Waals surface area contributed by atoms with Crippen molar-refractivity contribution in [1.29, 1.82) is 0 Å². The van der Waals surface area contributed by atoms with E-state index < -0.39 is 11.9 Å². The summed E-state index contributed by atoms with van der Waals surface area (Å²) in [6.07, 6.45) is 3.44. The molecule has 0 saturated carbocycles. The van der Waals surface area contributed by atoms with Gasteiger partial charge in [-0.15, -0.1) is 0 Å². The Morgan fingerprint density at radius 1 is 1.55 bits per heavy atom. The molecule has 2 rings (SSSR count). The SMILES string of the molecule is CNC(C(=O)N(C)Cc1ccc(F)cc1Cl)c1cnn(C)c1. The highest BCUT2D eigenvalue weighted by molar-refractivity contribution is 6.31. The van der Waals surface area contributed by atoms with E-state index in [1.807, 2.05) is 0 Å². The van der Waals surface area contributed by atoms with Crippen molar-refractivity contribution in [2.75, 3.05) is 14.1 Å². The first-order chi connectivity index (χ1) is 10.4. The fraction of sp³-hybridized carbons (Fsp3) is 0.333. The molecule has 2 aromatic rings. The highest BCUT2D eigenvalue weighted by atomic mass is 35.5. The molecule has 0 aliphatic rings. The van der Waals surface area contributed by atoms with Crippen LogP contribution in [0.4, 0.5) is 4.39 Å². The number of likely N-dealkylation sites (N-methyl/N-ethyl adjacent to an activating group) is 2. The molecule has 0 radical (unpaired) electrons. The maximum absolute atomic E-state index is 13.1. The van der Waals surface area contributed by atoms with Crippen LogP contribution in [0.2, 0.25) is 5.02 Å². The summed E-state index contributed by atoms with van der Waals surface area (Å²) in [5, 5.41) is 7.37. The van der Waals surface area contributed by atoms with Crippen LogP contribution in [0.15, 0.2) is 30.6 Å². The van der Waals surface area contributed by atoms with E-state index in [2.05, 4.69) is 10.4 Å². The summed E-state index contributed by atoms with van der Waals surface area (Å²) in [5.74, 6) is -0.512. The monoisotopic (exact) mass is 324 g/mol. The lowest BCUT2D eigenvalue weighted by molar-refractivity contribution is -0.132. The second-order valence-corrected chi connectivity index (χ2v) is 5.51. The van der Waals surface area contributed by atoms with Crippen LogP contribution >= 0.6 is 11.6 Å². The Balaban J connectivity index is 2.13. The Morgan fingerprint density at radius 3 is 2.82 bits per heavy atom. The predicted molar refractivity (Wildman–Crippen MR) is 82.9 cm³/mol. The van der Waals surface area contributed by atoms with Crippen molar-refractivity contribution in [2.45, 2.75) is 12.6 Å². The molecular formula is C15H18ClFN4O. The molecule has 22 heavy (non-hydrogen) atoms. The lowest BCUT2D eigenvalue weighted by Gasteiger charge is -2.23. The number of hydrogen-bond donors (Lipinski definition) is 1. The van der Waals surface area contributed by atoms with Gasteiger partial charge in [0.1, 0.15) is 11.9 Å². The zero-order chi connectivity index (χ0) is 16.3. The minimum Gasteiger partial charge on any atom is -0.340 e. The Kier molecular flexibility index (Phi) is 5.15. The fourth-order valence-corrected chi connectivity index (χ4v) is 2.45. The summed E-state index contributed by atoms with van der Waals surface area (Å²) in [6.45, 7) is 0.302. The van der Waals surface area contributed by atoms with E-state index in [1.165, 1.54) is 12.1 Å². The molecule has 1 unspecified atom stereocenters. The van der Waals surface area contributed by atoms with Gasteiger partial charge in [-0.05, 0) is 24.7 Å². The lowest BCUT2D eigenvalue weighted by Crippen LogP contribution is -2.37. The maximum atomic E-state index is 13.1. The van der Waals surface area contributed by atoms with Gasteiger partial charge in [0.15, 0.2) is 0 Å². The molecule has 0 saturated heterocycles. The van der Waals surface area contributed by atoms with Crippen molar-refractivity contribution in [2.24, 2.45) is 7.05 Å². The average Bonchev–Trinajstić information content (AvgIpc) is 2.89. The first-order valence-electron chi connectivity index (χ1n) is 6.77. The van der Waals surface area contributed by atoms with Gasteiger partial charge in [0.05, 0.1) is 6.20 Å². The van der Waals surface area contributed by atoms with Crippen LogP contribution in [0.5, 0.6) is 0 Å². The number of carbonyl (C=O) groups excluding carboxylic acids is 1. The van der Waals surface area contributed by atoms with Gasteiger partial charge in [-0.3, -0.25) is 9.48 Å². The maximum Gasteiger partial charge on any atom is 0.244 e. The van der Waals surface area contributed by atoms with Crippen LogP contribution in [-0.2, 0) is 18.4 Å². The smallest absolute Gasteiger partial charge is 0.244 e. The summed E-state index contributed by atoms with van der Waals surface area (Å²) < 4.78 is 14.7. The number of nitrogens with zero attached hydrogens (tertiary/aromatic N) is 3. The van der Waals surface area contributed by atoms with Crippen LogP contribution in [0.3, 0.4) is 0 Å². The van der Waals surface area contributed by atoms with E-state index in [-0.39, 0.29) is 5.91 Å². The van der Waals surface area contributed by atoms with Crippen molar-refractivity contribution in [3.63, 3.8) is 0 Å². The number of aromatic nitrogens is 2. The van der Waals surface area contributed by atoms with E-state index >= 15 is 0 Å². The molecule has 0 spiro atoms. The van der Waals surface area contributed by atoms with Crippen molar-refractivity contribution in [3.8, 4) is 0 Å². The van der Waals surface area contributed by atoms with Gasteiger partial charge in [0.2, 0.25) is 5.91 Å². The average molecular weight is 325 g/mol. The van der Waals surface area contributed by atoms with E-state index in [1.54, 1.807) is 49.2 Å². The van der Waals surface area contributed by atoms with E-state index in [0.29, 0.717) is 17.1 Å². The van der Waals surface area contributed by atoms with Crippen molar-refractivity contribution >= 4 is 17.5 Å². The van der Waals surface area contributed by atoms with Crippen LogP contribution < -0.4 is 5.32 Å². The highest BCUT2D eigenvalue weighted by Crippen LogP contribution is 2.21. The number of benzene rings is 1. The molecular weight excluding hydrogens is 307 g/mol. The topological polar surface area (TPSA) is 50.2 Å². The van der Waals surface area contributed by atoms with Crippen LogP contribution in [-0.4, -0.2) is 34.7 Å². The number of nitrogens with one attached hydrogen (secondary N) is 1. The number of hydrogen-bond acceptors (Lipinski definition) is 3. The van der Waals surface area contributed by atoms with Gasteiger partial charge >= 0.3 is 0 Å². The zero-order valence-electron chi connectivity index (χ0n) is 12.7.